The lowest BCUT2D eigenvalue weighted by atomic mass is 10.3. The van der Waals surface area contributed by atoms with E-state index in [1.807, 2.05) is 16.8 Å². The fourth-order valence-corrected chi connectivity index (χ4v) is 3.25. The highest BCUT2D eigenvalue weighted by molar-refractivity contribution is 7.20. The summed E-state index contributed by atoms with van der Waals surface area (Å²) < 4.78 is 3.10. The molecule has 64 valence electrons. The summed E-state index contributed by atoms with van der Waals surface area (Å²) in [6, 6.07) is 3.93. The van der Waals surface area contributed by atoms with E-state index in [0.717, 1.165) is 19.6 Å². The molecule has 3 rings (SSSR count). The third-order valence-electron chi connectivity index (χ3n) is 2.06. The Hall–Kier alpha value is -1.13. The fraction of sp³-hybridized carbons (Fsp3) is 0. The van der Waals surface area contributed by atoms with E-state index in [1.165, 1.54) is 5.39 Å². The number of hydrogen-bond acceptors (Lipinski definition) is 3. The lowest BCUT2D eigenvalue weighted by molar-refractivity contribution is -0.575. The molecule has 4 heteroatoms. The molecule has 0 unspecified atom stereocenters. The zero-order valence-corrected chi connectivity index (χ0v) is 8.19. The molecule has 3 aromatic rings. The minimum absolute atomic E-state index is 0.774. The molecule has 3 heterocycles. The van der Waals surface area contributed by atoms with Gasteiger partial charge in [-0.2, -0.15) is 4.73 Å². The summed E-state index contributed by atoms with van der Waals surface area (Å²) in [5.41, 5.74) is 0.774. The quantitative estimate of drug-likeness (QED) is 0.411. The van der Waals surface area contributed by atoms with E-state index in [9.17, 15) is 5.21 Å². The first-order valence-corrected chi connectivity index (χ1v) is 5.59. The van der Waals surface area contributed by atoms with Gasteiger partial charge in [0.2, 0.25) is 5.52 Å². The minimum Gasteiger partial charge on any atom is -0.618 e. The summed E-state index contributed by atoms with van der Waals surface area (Å²) in [6.07, 6.45) is 1.65. The molecule has 0 N–H and O–H groups in total. The van der Waals surface area contributed by atoms with Gasteiger partial charge in [-0.15, -0.1) is 22.7 Å². The average Bonchev–Trinajstić information content (AvgIpc) is 2.66. The lowest BCUT2D eigenvalue weighted by Gasteiger charge is -1.97. The summed E-state index contributed by atoms with van der Waals surface area (Å²) >= 11 is 3.23. The van der Waals surface area contributed by atoms with Crippen LogP contribution in [-0.2, 0) is 0 Å². The highest BCUT2D eigenvalue weighted by Gasteiger charge is 2.10. The van der Waals surface area contributed by atoms with Gasteiger partial charge < -0.3 is 5.21 Å². The maximum absolute atomic E-state index is 11.5. The molecule has 3 aromatic heterocycles. The third kappa shape index (κ3) is 0.897. The molecule has 0 amide bonds. The number of fused-ring (bicyclic) bond motifs is 3. The monoisotopic (exact) mass is 207 g/mol. The van der Waals surface area contributed by atoms with Gasteiger partial charge in [0.05, 0.1) is 0 Å². The highest BCUT2D eigenvalue weighted by Crippen LogP contribution is 2.29. The van der Waals surface area contributed by atoms with Crippen LogP contribution in [0.1, 0.15) is 0 Å². The normalized spacial score (nSPS) is 11.4. The molecule has 0 saturated carbocycles. The van der Waals surface area contributed by atoms with Gasteiger partial charge in [-0.25, -0.2) is 0 Å². The molecule has 0 aliphatic carbocycles. The van der Waals surface area contributed by atoms with Crippen molar-refractivity contribution in [2.75, 3.05) is 0 Å². The van der Waals surface area contributed by atoms with Crippen LogP contribution in [0.5, 0.6) is 0 Å². The van der Waals surface area contributed by atoms with Crippen LogP contribution in [-0.4, -0.2) is 0 Å². The summed E-state index contributed by atoms with van der Waals surface area (Å²) in [6.45, 7) is 0. The number of rotatable bonds is 0. The second-order valence-corrected chi connectivity index (χ2v) is 4.65. The molecule has 0 aromatic carbocycles. The van der Waals surface area contributed by atoms with Crippen LogP contribution in [0.3, 0.4) is 0 Å². The Kier molecular flexibility index (Phi) is 1.36. The van der Waals surface area contributed by atoms with Crippen molar-refractivity contribution in [1.82, 2.24) is 0 Å². The molecule has 0 aliphatic rings. The van der Waals surface area contributed by atoms with Gasteiger partial charge in [0.15, 0.2) is 6.20 Å². The van der Waals surface area contributed by atoms with Crippen LogP contribution in [0.15, 0.2) is 29.1 Å². The summed E-state index contributed by atoms with van der Waals surface area (Å²) in [5.74, 6) is 0. The molecule has 13 heavy (non-hydrogen) atoms. The molecule has 0 bridgehead atoms. The Morgan fingerprint density at radius 2 is 2.00 bits per heavy atom. The largest absolute Gasteiger partial charge is 0.618 e. The number of pyridine rings is 1. The third-order valence-corrected chi connectivity index (χ3v) is 3.84. The Morgan fingerprint density at radius 3 is 2.92 bits per heavy atom. The van der Waals surface area contributed by atoms with Crippen molar-refractivity contribution in [2.45, 2.75) is 0 Å². The topological polar surface area (TPSA) is 26.9 Å². The smallest absolute Gasteiger partial charge is 0.235 e. The van der Waals surface area contributed by atoms with E-state index in [0.29, 0.717) is 0 Å². The molecule has 0 aliphatic heterocycles. The van der Waals surface area contributed by atoms with E-state index in [-0.39, 0.29) is 0 Å². The van der Waals surface area contributed by atoms with Gasteiger partial charge in [0.25, 0.3) is 0 Å². The number of thiophene rings is 2. The van der Waals surface area contributed by atoms with Gasteiger partial charge in [-0.05, 0) is 16.8 Å². The summed E-state index contributed by atoms with van der Waals surface area (Å²) in [5, 5.41) is 16.7. The summed E-state index contributed by atoms with van der Waals surface area (Å²) in [7, 11) is 0. The highest BCUT2D eigenvalue weighted by atomic mass is 32.1. The van der Waals surface area contributed by atoms with E-state index >= 15 is 0 Å². The molecule has 0 radical (unpaired) electrons. The maximum Gasteiger partial charge on any atom is 0.235 e. The maximum atomic E-state index is 11.5. The van der Waals surface area contributed by atoms with Crippen LogP contribution in [0.4, 0.5) is 0 Å². The lowest BCUT2D eigenvalue weighted by Crippen LogP contribution is -2.25. The summed E-state index contributed by atoms with van der Waals surface area (Å²) in [4.78, 5) is 0. The van der Waals surface area contributed by atoms with Gasteiger partial charge in [-0.1, -0.05) is 0 Å². The van der Waals surface area contributed by atoms with Crippen molar-refractivity contribution in [3.8, 4) is 0 Å². The van der Waals surface area contributed by atoms with Crippen LogP contribution in [0.2, 0.25) is 0 Å². The molecule has 0 spiro atoms. The molecular weight excluding hydrogens is 202 g/mol. The predicted octanol–water partition coefficient (Wildman–Crippen LogP) is 2.75. The number of nitrogens with zero attached hydrogens (tertiary/aromatic N) is 1. The first-order chi connectivity index (χ1) is 6.36. The first-order valence-electron chi connectivity index (χ1n) is 3.83. The number of hydrogen-bond donors (Lipinski definition) is 0. The molecular formula is C9H5NOS2. The van der Waals surface area contributed by atoms with Gasteiger partial charge in [0.1, 0.15) is 9.40 Å². The van der Waals surface area contributed by atoms with Crippen molar-refractivity contribution >= 4 is 43.0 Å². The van der Waals surface area contributed by atoms with Crippen LogP contribution in [0, 0.1) is 5.21 Å². The first kappa shape index (κ1) is 7.29. The number of aromatic nitrogens is 1. The molecule has 0 fully saturated rings. The average molecular weight is 207 g/mol. The Bertz CT molecular complexity index is 581. The van der Waals surface area contributed by atoms with Gasteiger partial charge >= 0.3 is 0 Å². The van der Waals surface area contributed by atoms with E-state index < -0.39 is 0 Å². The van der Waals surface area contributed by atoms with Crippen LogP contribution < -0.4 is 4.73 Å². The SMILES string of the molecule is [O-][n+]1cc2sccc2c2sccc21. The van der Waals surface area contributed by atoms with Crippen molar-refractivity contribution in [1.29, 1.82) is 0 Å². The molecule has 0 atom stereocenters. The van der Waals surface area contributed by atoms with Crippen molar-refractivity contribution in [2.24, 2.45) is 0 Å². The Morgan fingerprint density at radius 1 is 1.15 bits per heavy atom. The minimum atomic E-state index is 0.774. The second-order valence-electron chi connectivity index (χ2n) is 2.79. The van der Waals surface area contributed by atoms with Crippen molar-refractivity contribution in [3.63, 3.8) is 0 Å². The van der Waals surface area contributed by atoms with Crippen molar-refractivity contribution < 1.29 is 4.73 Å². The standard InChI is InChI=1S/C9H5NOS2/c11-10-5-8-6(1-3-12-8)9-7(10)2-4-13-9/h1-5H. The van der Waals surface area contributed by atoms with Gasteiger partial charge in [0, 0.05) is 11.5 Å². The van der Waals surface area contributed by atoms with E-state index in [1.54, 1.807) is 28.9 Å². The second kappa shape index (κ2) is 2.43. The van der Waals surface area contributed by atoms with E-state index in [4.69, 9.17) is 0 Å². The van der Waals surface area contributed by atoms with E-state index in [2.05, 4.69) is 6.07 Å². The zero-order chi connectivity index (χ0) is 8.84. The zero-order valence-electron chi connectivity index (χ0n) is 6.56. The molecule has 0 saturated heterocycles. The molecule has 2 nitrogen and oxygen atoms in total. The van der Waals surface area contributed by atoms with Gasteiger partial charge in [-0.3, -0.25) is 0 Å². The van der Waals surface area contributed by atoms with Crippen LogP contribution >= 0.6 is 22.7 Å². The van der Waals surface area contributed by atoms with Crippen LogP contribution in [0.25, 0.3) is 20.3 Å². The van der Waals surface area contributed by atoms with Crippen molar-refractivity contribution in [3.05, 3.63) is 34.3 Å². The fourth-order valence-electron chi connectivity index (χ4n) is 1.46. The Labute approximate surface area is 82.3 Å². The predicted molar refractivity (Wildman–Crippen MR) is 56.2 cm³/mol. The Balaban J connectivity index is 2.70.